The lowest BCUT2D eigenvalue weighted by Crippen LogP contribution is -2.04. The molecule has 0 N–H and O–H groups in total. The monoisotopic (exact) mass is 476 g/mol. The van der Waals surface area contributed by atoms with Crippen LogP contribution >= 0.6 is 15.9 Å². The molecule has 0 heterocycles. The lowest BCUT2D eigenvalue weighted by molar-refractivity contribution is 0.299. The van der Waals surface area contributed by atoms with Gasteiger partial charge in [0.15, 0.2) is 0 Å². The molecule has 0 fully saturated rings. The zero-order chi connectivity index (χ0) is 21.6. The van der Waals surface area contributed by atoms with Gasteiger partial charge in [-0.2, -0.15) is 0 Å². The summed E-state index contributed by atoms with van der Waals surface area (Å²) in [5.74, 6) is 2.05. The van der Waals surface area contributed by atoms with Crippen LogP contribution in [0.5, 0.6) is 11.5 Å². The summed E-state index contributed by atoms with van der Waals surface area (Å²) < 4.78 is 12.6. The largest absolute Gasteiger partial charge is 0.493 e. The first kappa shape index (κ1) is 25.0. The van der Waals surface area contributed by atoms with Gasteiger partial charge < -0.3 is 9.47 Å². The highest BCUT2D eigenvalue weighted by molar-refractivity contribution is 9.09. The summed E-state index contributed by atoms with van der Waals surface area (Å²) in [5.41, 5.74) is 1.25. The molecule has 1 atom stereocenters. The highest BCUT2D eigenvalue weighted by atomic mass is 79.9. The maximum Gasteiger partial charge on any atom is 0.130 e. The fourth-order valence-corrected chi connectivity index (χ4v) is 4.16. The number of aryl methyl sites for hydroxylation is 1. The van der Waals surface area contributed by atoms with Crippen LogP contribution < -0.4 is 9.47 Å². The van der Waals surface area contributed by atoms with Crippen molar-refractivity contribution < 1.29 is 9.47 Å². The summed E-state index contributed by atoms with van der Waals surface area (Å²) in [4.78, 5) is 0.633. The number of rotatable bonds is 16. The maximum atomic E-state index is 6.32. The quantitative estimate of drug-likeness (QED) is 0.178. The lowest BCUT2D eigenvalue weighted by Gasteiger charge is -2.17. The molecule has 0 saturated carbocycles. The average Bonchev–Trinajstić information content (AvgIpc) is 2.78. The van der Waals surface area contributed by atoms with E-state index in [1.54, 1.807) is 0 Å². The van der Waals surface area contributed by atoms with E-state index in [1.807, 2.05) is 0 Å². The van der Waals surface area contributed by atoms with Crippen molar-refractivity contribution in [2.75, 3.05) is 13.2 Å². The average molecular weight is 478 g/mol. The molecule has 0 aliphatic rings. The Morgan fingerprint density at radius 2 is 1.47 bits per heavy atom. The van der Waals surface area contributed by atoms with Crippen molar-refractivity contribution in [3.05, 3.63) is 35.9 Å². The number of ether oxygens (including phenoxy) is 2. The van der Waals surface area contributed by atoms with E-state index in [0.717, 1.165) is 44.0 Å². The molecule has 2 rings (SSSR count). The summed E-state index contributed by atoms with van der Waals surface area (Å²) >= 11 is 3.72. The molecule has 0 bridgehead atoms. The summed E-state index contributed by atoms with van der Waals surface area (Å²) in [5, 5.41) is 2.35. The minimum Gasteiger partial charge on any atom is -0.493 e. The third-order valence-corrected chi connectivity index (χ3v) is 6.88. The van der Waals surface area contributed by atoms with Gasteiger partial charge in [0.25, 0.3) is 0 Å². The van der Waals surface area contributed by atoms with Crippen LogP contribution in [-0.2, 0) is 6.42 Å². The molecule has 1 unspecified atom stereocenters. The van der Waals surface area contributed by atoms with E-state index in [0.29, 0.717) is 4.83 Å². The van der Waals surface area contributed by atoms with Gasteiger partial charge in [-0.3, -0.25) is 0 Å². The molecule has 0 radical (unpaired) electrons. The summed E-state index contributed by atoms with van der Waals surface area (Å²) in [6.07, 6.45) is 13.3. The first-order valence-electron chi connectivity index (χ1n) is 12.1. The van der Waals surface area contributed by atoms with Crippen LogP contribution in [0.4, 0.5) is 0 Å². The van der Waals surface area contributed by atoms with Crippen molar-refractivity contribution >= 4 is 26.7 Å². The van der Waals surface area contributed by atoms with Gasteiger partial charge in [0.2, 0.25) is 0 Å². The van der Waals surface area contributed by atoms with Crippen LogP contribution in [0.2, 0.25) is 0 Å². The van der Waals surface area contributed by atoms with Gasteiger partial charge in [-0.1, -0.05) is 93.1 Å². The first-order chi connectivity index (χ1) is 14.7. The van der Waals surface area contributed by atoms with E-state index in [-0.39, 0.29) is 0 Å². The summed E-state index contributed by atoms with van der Waals surface area (Å²) in [6.45, 7) is 8.26. The molecule has 168 valence electrons. The minimum atomic E-state index is 0.633. The molecular formula is C27H41BrO2. The Labute approximate surface area is 192 Å². The Morgan fingerprint density at radius 1 is 0.800 bits per heavy atom. The van der Waals surface area contributed by atoms with Gasteiger partial charge in [0.1, 0.15) is 11.5 Å². The standard InChI is InChI=1S/C27H41BrO2/c1-4-7-8-9-10-14-20-30-27-22(5-2)21-26(24-17-11-12-18-25(24)27)29-19-15-13-16-23(28)6-3/h11-12,17-18,21,23H,4-10,13-16,19-20H2,1-3H3. The first-order valence-corrected chi connectivity index (χ1v) is 13.1. The Bertz CT molecular complexity index is 728. The Hall–Kier alpha value is -1.22. The lowest BCUT2D eigenvalue weighted by atomic mass is 10.0. The van der Waals surface area contributed by atoms with Crippen molar-refractivity contribution in [2.24, 2.45) is 0 Å². The molecule has 0 aromatic heterocycles. The van der Waals surface area contributed by atoms with Gasteiger partial charge in [-0.25, -0.2) is 0 Å². The molecule has 0 aliphatic carbocycles. The Morgan fingerprint density at radius 3 is 2.20 bits per heavy atom. The molecule has 0 aliphatic heterocycles. The maximum absolute atomic E-state index is 6.32. The smallest absolute Gasteiger partial charge is 0.130 e. The van der Waals surface area contributed by atoms with Crippen molar-refractivity contribution in [3.63, 3.8) is 0 Å². The molecule has 0 amide bonds. The van der Waals surface area contributed by atoms with Crippen molar-refractivity contribution in [1.29, 1.82) is 0 Å². The van der Waals surface area contributed by atoms with E-state index >= 15 is 0 Å². The summed E-state index contributed by atoms with van der Waals surface area (Å²) in [6, 6.07) is 10.7. The predicted octanol–water partition coefficient (Wildman–Crippen LogP) is 8.86. The van der Waals surface area contributed by atoms with E-state index < -0.39 is 0 Å². The van der Waals surface area contributed by atoms with Gasteiger partial charge in [-0.15, -0.1) is 0 Å². The SMILES string of the molecule is CCCCCCCCOc1c(CC)cc(OCCCCC(Br)CC)c2ccccc12. The highest BCUT2D eigenvalue weighted by Gasteiger charge is 2.13. The number of halogens is 1. The van der Waals surface area contributed by atoms with Crippen LogP contribution in [-0.4, -0.2) is 18.0 Å². The van der Waals surface area contributed by atoms with E-state index in [4.69, 9.17) is 9.47 Å². The van der Waals surface area contributed by atoms with Crippen LogP contribution in [0.3, 0.4) is 0 Å². The second-order valence-electron chi connectivity index (χ2n) is 8.23. The zero-order valence-electron chi connectivity index (χ0n) is 19.4. The number of unbranched alkanes of at least 4 members (excludes halogenated alkanes) is 6. The number of hydrogen-bond acceptors (Lipinski definition) is 2. The van der Waals surface area contributed by atoms with E-state index in [9.17, 15) is 0 Å². The van der Waals surface area contributed by atoms with Crippen molar-refractivity contribution in [1.82, 2.24) is 0 Å². The number of benzene rings is 2. The third kappa shape index (κ3) is 8.13. The van der Waals surface area contributed by atoms with E-state index in [1.165, 1.54) is 67.7 Å². The Kier molecular flexibility index (Phi) is 12.3. The van der Waals surface area contributed by atoms with Gasteiger partial charge in [-0.05, 0) is 50.2 Å². The molecular weight excluding hydrogens is 436 g/mol. The molecule has 0 saturated heterocycles. The number of alkyl halides is 1. The Balaban J connectivity index is 1.99. The zero-order valence-corrected chi connectivity index (χ0v) is 20.9. The van der Waals surface area contributed by atoms with Gasteiger partial charge in [0.05, 0.1) is 13.2 Å². The predicted molar refractivity (Wildman–Crippen MR) is 135 cm³/mol. The summed E-state index contributed by atoms with van der Waals surface area (Å²) in [7, 11) is 0. The van der Waals surface area contributed by atoms with Crippen molar-refractivity contribution in [3.8, 4) is 11.5 Å². The molecule has 2 nitrogen and oxygen atoms in total. The molecule has 2 aromatic rings. The van der Waals surface area contributed by atoms with Crippen LogP contribution in [0.1, 0.15) is 90.5 Å². The minimum absolute atomic E-state index is 0.633. The third-order valence-electron chi connectivity index (χ3n) is 5.77. The highest BCUT2D eigenvalue weighted by Crippen LogP contribution is 2.37. The van der Waals surface area contributed by atoms with Crippen LogP contribution in [0.15, 0.2) is 30.3 Å². The molecule has 3 heteroatoms. The fraction of sp³-hybridized carbons (Fsp3) is 0.630. The van der Waals surface area contributed by atoms with E-state index in [2.05, 4.69) is 67.0 Å². The topological polar surface area (TPSA) is 18.5 Å². The second-order valence-corrected chi connectivity index (χ2v) is 9.52. The van der Waals surface area contributed by atoms with Crippen LogP contribution in [0, 0.1) is 0 Å². The number of hydrogen-bond donors (Lipinski definition) is 0. The van der Waals surface area contributed by atoms with Gasteiger partial charge >= 0.3 is 0 Å². The van der Waals surface area contributed by atoms with Crippen molar-refractivity contribution in [2.45, 2.75) is 96.2 Å². The molecule has 2 aromatic carbocycles. The van der Waals surface area contributed by atoms with Gasteiger partial charge in [0, 0.05) is 15.6 Å². The molecule has 0 spiro atoms. The normalized spacial score (nSPS) is 12.3. The molecule has 30 heavy (non-hydrogen) atoms. The van der Waals surface area contributed by atoms with Crippen LogP contribution in [0.25, 0.3) is 10.8 Å². The number of fused-ring (bicyclic) bond motifs is 1. The fourth-order valence-electron chi connectivity index (χ4n) is 3.83. The second kappa shape index (κ2) is 14.7.